The molecule has 0 radical (unpaired) electrons. The first kappa shape index (κ1) is 55.4. The number of rotatable bonds is 22. The van der Waals surface area contributed by atoms with Crippen LogP contribution in [0.4, 0.5) is 0 Å². The van der Waals surface area contributed by atoms with Crippen LogP contribution >= 0.6 is 0 Å². The summed E-state index contributed by atoms with van der Waals surface area (Å²) in [6.07, 6.45) is 25.9. The highest BCUT2D eigenvalue weighted by molar-refractivity contribution is 6.07. The molecule has 10 N–H and O–H groups in total. The molecule has 77 heavy (non-hydrogen) atoms. The Labute approximate surface area is 457 Å². The van der Waals surface area contributed by atoms with E-state index in [-0.39, 0.29) is 52.4 Å². The Hall–Kier alpha value is -4.92. The van der Waals surface area contributed by atoms with E-state index in [1.54, 1.807) is 12.1 Å². The standard InChI is InChI=1S/C65H87N5O7/c1-42(73)37-69-61-36-64(35-57-55-20-24-67-38-51(55)27-48-13-8-23-68-63(48)57)34-46(17-19-60(64)65(61)21-5-6-22-65)26-53(74)32-54(75)29-52(40-71)56-33-59(77-41-72)58(76)30-49(56)28-50-39-70-62(66)31-47(50)18-16-45-12-7-11-44(25-45)15-14-43-9-3-2-4-10-43/h2-4,7-13,25,29-31,33,39,42,46,48,51,55,57,60-63,67-73,76H,5-6,14-24,26-28,32,34-38,40-41,66H2,1H3/b52-29+/t42-,46+,48-,51-,55+,57-,60-,61-,62?,63+,64+/m0/s1. The van der Waals surface area contributed by atoms with E-state index in [1.807, 2.05) is 25.3 Å². The van der Waals surface area contributed by atoms with E-state index in [1.165, 1.54) is 67.7 Å². The maximum atomic E-state index is 14.3. The van der Waals surface area contributed by atoms with Gasteiger partial charge in [0.15, 0.2) is 24.1 Å². The lowest BCUT2D eigenvalue weighted by molar-refractivity contribution is -0.126. The Morgan fingerprint density at radius 3 is 2.49 bits per heavy atom. The van der Waals surface area contributed by atoms with Gasteiger partial charge in [0.05, 0.1) is 25.3 Å². The second kappa shape index (κ2) is 25.0. The molecule has 4 saturated carbocycles. The van der Waals surface area contributed by atoms with Gasteiger partial charge < -0.3 is 52.2 Å². The number of benzene rings is 3. The van der Waals surface area contributed by atoms with E-state index in [2.05, 4.69) is 82.0 Å². The van der Waals surface area contributed by atoms with Crippen molar-refractivity contribution in [3.05, 3.63) is 136 Å². The van der Waals surface area contributed by atoms with Gasteiger partial charge in [-0.05, 0) is 225 Å². The molecule has 12 heteroatoms. The second-order valence-electron chi connectivity index (χ2n) is 24.6. The molecule has 414 valence electrons. The van der Waals surface area contributed by atoms with E-state index < -0.39 is 19.5 Å². The number of aliphatic hydroxyl groups excluding tert-OH is 3. The summed E-state index contributed by atoms with van der Waals surface area (Å²) in [6.45, 7) is 4.39. The number of hydrogen-bond acceptors (Lipinski definition) is 12. The van der Waals surface area contributed by atoms with Gasteiger partial charge in [0.1, 0.15) is 5.78 Å². The maximum absolute atomic E-state index is 14.3. The van der Waals surface area contributed by atoms with Crippen LogP contribution in [-0.4, -0.2) is 95.9 Å². The molecule has 1 saturated heterocycles. The lowest BCUT2D eigenvalue weighted by atomic mass is 9.52. The number of dihydropyridines is 1. The number of allylic oxidation sites excluding steroid dienone is 3. The van der Waals surface area contributed by atoms with E-state index >= 15 is 0 Å². The lowest BCUT2D eigenvalue weighted by Crippen LogP contribution is -2.57. The topological polar surface area (TPSA) is 198 Å². The quantitative estimate of drug-likeness (QED) is 0.0203. The number of phenolic OH excluding ortho intramolecular Hbond substituents is 1. The zero-order chi connectivity index (χ0) is 53.5. The number of aliphatic hydroxyl groups is 3. The number of Topliss-reactive ketones (excluding diaryl/α,β-unsaturated/α-hetero) is 1. The molecule has 1 spiro atoms. The number of ether oxygens (including phenoxy) is 1. The van der Waals surface area contributed by atoms with Crippen molar-refractivity contribution in [2.45, 2.75) is 147 Å². The van der Waals surface area contributed by atoms with Gasteiger partial charge in [-0.3, -0.25) is 9.59 Å². The predicted octanol–water partition coefficient (Wildman–Crippen LogP) is 8.16. The number of phenols is 1. The van der Waals surface area contributed by atoms with Crippen LogP contribution in [0.15, 0.2) is 108 Å². The minimum absolute atomic E-state index is 0.0177. The fraction of sp³-hybridized carbons (Fsp3) is 0.569. The summed E-state index contributed by atoms with van der Waals surface area (Å²) < 4.78 is 5.42. The number of carbonyl (C=O) groups excluding carboxylic acids is 2. The van der Waals surface area contributed by atoms with Gasteiger partial charge in [-0.15, -0.1) is 0 Å². The van der Waals surface area contributed by atoms with Crippen LogP contribution in [0.25, 0.3) is 5.57 Å². The van der Waals surface area contributed by atoms with Gasteiger partial charge >= 0.3 is 0 Å². The summed E-state index contributed by atoms with van der Waals surface area (Å²) in [5.41, 5.74) is 13.9. The predicted molar refractivity (Wildman–Crippen MR) is 304 cm³/mol. The molecule has 1 unspecified atom stereocenters. The van der Waals surface area contributed by atoms with Crippen molar-refractivity contribution in [2.24, 2.45) is 52.1 Å². The largest absolute Gasteiger partial charge is 0.504 e. The van der Waals surface area contributed by atoms with Gasteiger partial charge in [0.25, 0.3) is 0 Å². The third kappa shape index (κ3) is 12.8. The fourth-order valence-corrected chi connectivity index (χ4v) is 16.6. The Morgan fingerprint density at radius 2 is 1.71 bits per heavy atom. The van der Waals surface area contributed by atoms with Crippen LogP contribution in [0.5, 0.6) is 11.5 Å². The minimum atomic E-state index is -0.678. The third-order valence-corrected chi connectivity index (χ3v) is 19.7. The van der Waals surface area contributed by atoms with E-state index in [4.69, 9.17) is 10.5 Å². The Kier molecular flexibility index (Phi) is 18.0. The van der Waals surface area contributed by atoms with Gasteiger partial charge in [-0.2, -0.15) is 0 Å². The Bertz CT molecular complexity index is 2660. The van der Waals surface area contributed by atoms with Crippen LogP contribution < -0.4 is 31.7 Å². The number of carbonyl (C=O) groups is 2. The van der Waals surface area contributed by atoms with Gasteiger partial charge in [-0.1, -0.05) is 79.6 Å². The first-order valence-corrected chi connectivity index (χ1v) is 29.4. The van der Waals surface area contributed by atoms with Crippen molar-refractivity contribution in [3.8, 4) is 11.5 Å². The van der Waals surface area contributed by atoms with E-state index in [0.29, 0.717) is 77.8 Å². The molecule has 10 rings (SSSR count). The summed E-state index contributed by atoms with van der Waals surface area (Å²) in [6, 6.07) is 23.2. The Balaban J connectivity index is 0.851. The number of fused-ring (bicyclic) bond motifs is 4. The maximum Gasteiger partial charge on any atom is 0.186 e. The lowest BCUT2D eigenvalue weighted by Gasteiger charge is -2.55. The number of piperidine rings is 1. The van der Waals surface area contributed by atoms with Crippen molar-refractivity contribution < 1.29 is 34.8 Å². The number of nitrogens with one attached hydrogen (secondary N) is 4. The normalized spacial score (nSPS) is 29.9. The number of nitrogens with two attached hydrogens (primary N) is 1. The molecule has 7 aliphatic rings. The average Bonchev–Trinajstić information content (AvgIpc) is 4.27. The molecule has 0 amide bonds. The molecule has 3 aromatic rings. The minimum Gasteiger partial charge on any atom is -0.504 e. The van der Waals surface area contributed by atoms with Crippen molar-refractivity contribution in [3.63, 3.8) is 0 Å². The van der Waals surface area contributed by atoms with E-state index in [9.17, 15) is 30.0 Å². The van der Waals surface area contributed by atoms with Crippen LogP contribution in [0.2, 0.25) is 0 Å². The zero-order valence-corrected chi connectivity index (χ0v) is 45.6. The highest BCUT2D eigenvalue weighted by Crippen LogP contribution is 2.69. The first-order valence-electron chi connectivity index (χ1n) is 29.4. The van der Waals surface area contributed by atoms with Gasteiger partial charge in [0, 0.05) is 37.8 Å². The number of ketones is 2. The number of hydrogen-bond donors (Lipinski definition) is 9. The molecule has 11 atom stereocenters. The molecule has 0 bridgehead atoms. The van der Waals surface area contributed by atoms with Gasteiger partial charge in [-0.25, -0.2) is 0 Å². The molecule has 0 aromatic heterocycles. The molecule has 12 nitrogen and oxygen atoms in total. The molecule has 3 heterocycles. The summed E-state index contributed by atoms with van der Waals surface area (Å²) in [5, 5.41) is 57.4. The van der Waals surface area contributed by atoms with Crippen LogP contribution in [0.3, 0.4) is 0 Å². The Morgan fingerprint density at radius 1 is 0.935 bits per heavy atom. The number of aromatic hydroxyl groups is 1. The molecular weight excluding hydrogens is 963 g/mol. The van der Waals surface area contributed by atoms with E-state index in [0.717, 1.165) is 82.1 Å². The molecule has 4 aliphatic carbocycles. The van der Waals surface area contributed by atoms with Gasteiger partial charge in [0.2, 0.25) is 0 Å². The highest BCUT2D eigenvalue weighted by atomic mass is 16.6. The number of aryl methyl sites for hydroxylation is 3. The third-order valence-electron chi connectivity index (χ3n) is 19.7. The second-order valence-corrected chi connectivity index (χ2v) is 24.6. The summed E-state index contributed by atoms with van der Waals surface area (Å²) in [5.74, 6) is 2.54. The summed E-state index contributed by atoms with van der Waals surface area (Å²) in [4.78, 5) is 28.5. The zero-order valence-electron chi connectivity index (χ0n) is 45.6. The SMILES string of the molecule is C[C@H](O)CN[C@H]1C[C@]2(C[C@H]3[C@@H]4CCNC[C@@H]4C[C@@H]4C=CCN[C@@H]34)C[C@@H](CC(=O)CC(=O)/C=C(\CO)c3cc(OCO)c(O)cc3CC3=CNC(N)C=C3CCc3cccc(CCc4ccccc4)c3)CC[C@@H]2C12CCCC2. The van der Waals surface area contributed by atoms with Crippen molar-refractivity contribution in [2.75, 3.05) is 39.6 Å². The first-order chi connectivity index (χ1) is 37.4. The molecular formula is C65H87N5O7. The van der Waals surface area contributed by atoms with Crippen LogP contribution in [0.1, 0.15) is 125 Å². The molecule has 3 aromatic carbocycles. The van der Waals surface area contributed by atoms with Crippen molar-refractivity contribution in [1.82, 2.24) is 21.3 Å². The smallest absolute Gasteiger partial charge is 0.186 e. The fourth-order valence-electron chi connectivity index (χ4n) is 16.6. The van der Waals surface area contributed by atoms with Crippen LogP contribution in [-0.2, 0) is 35.3 Å². The van der Waals surface area contributed by atoms with Crippen LogP contribution in [0, 0.1) is 46.3 Å². The molecule has 5 fully saturated rings. The molecule has 3 aliphatic heterocycles. The van der Waals surface area contributed by atoms with Crippen molar-refractivity contribution in [1.29, 1.82) is 0 Å². The highest BCUT2D eigenvalue weighted by Gasteiger charge is 2.64. The van der Waals surface area contributed by atoms with Crippen molar-refractivity contribution >= 4 is 17.1 Å². The summed E-state index contributed by atoms with van der Waals surface area (Å²) in [7, 11) is 0. The summed E-state index contributed by atoms with van der Waals surface area (Å²) >= 11 is 0. The monoisotopic (exact) mass is 1050 g/mol. The average molecular weight is 1050 g/mol.